The van der Waals surface area contributed by atoms with Gasteiger partial charge in [0.05, 0.1) is 0 Å². The predicted octanol–water partition coefficient (Wildman–Crippen LogP) is 1.81. The molecule has 2 N–H and O–H groups in total. The van der Waals surface area contributed by atoms with Crippen LogP contribution < -0.4 is 10.6 Å². The van der Waals surface area contributed by atoms with E-state index in [9.17, 15) is 0 Å². The molecule has 0 unspecified atom stereocenters. The number of nitrogen functional groups attached to an aromatic ring is 1. The van der Waals surface area contributed by atoms with Crippen LogP contribution in [0.5, 0.6) is 0 Å². The van der Waals surface area contributed by atoms with Crippen molar-refractivity contribution in [2.45, 2.75) is 12.8 Å². The van der Waals surface area contributed by atoms with Crippen molar-refractivity contribution in [1.29, 1.82) is 0 Å². The number of pyridine rings is 2. The molecule has 0 aliphatic carbocycles. The van der Waals surface area contributed by atoms with Gasteiger partial charge in [-0.2, -0.15) is 0 Å². The van der Waals surface area contributed by atoms with E-state index in [1.165, 1.54) is 12.8 Å². The number of hydrogen-bond donors (Lipinski definition) is 1. The molecule has 1 fully saturated rings. The fraction of sp³-hybridized carbons (Fsp3) is 0.333. The summed E-state index contributed by atoms with van der Waals surface area (Å²) >= 11 is 0. The second-order valence-corrected chi connectivity index (χ2v) is 4.15. The van der Waals surface area contributed by atoms with E-state index in [0.29, 0.717) is 5.82 Å². The van der Waals surface area contributed by atoms with Crippen molar-refractivity contribution in [1.82, 2.24) is 9.97 Å². The van der Waals surface area contributed by atoms with Crippen molar-refractivity contribution < 1.29 is 0 Å². The lowest BCUT2D eigenvalue weighted by atomic mass is 10.3. The third-order valence-corrected chi connectivity index (χ3v) is 2.99. The minimum atomic E-state index is 0.526. The second-order valence-electron chi connectivity index (χ2n) is 4.15. The molecule has 1 aliphatic heterocycles. The Kier molecular flexibility index (Phi) is 2.13. The van der Waals surface area contributed by atoms with Gasteiger partial charge in [0.2, 0.25) is 0 Å². The van der Waals surface area contributed by atoms with Gasteiger partial charge in [0.1, 0.15) is 11.6 Å². The fourth-order valence-electron chi connectivity index (χ4n) is 2.13. The van der Waals surface area contributed by atoms with Crippen molar-refractivity contribution in [3.63, 3.8) is 0 Å². The number of hydrogen-bond acceptors (Lipinski definition) is 4. The molecule has 0 bridgehead atoms. The smallest absolute Gasteiger partial charge is 0.163 e. The molecular formula is C12H14N4. The van der Waals surface area contributed by atoms with Crippen molar-refractivity contribution in [3.05, 3.63) is 24.3 Å². The standard InChI is InChI=1S/C12H14N4/c13-10-5-3-9-4-6-11(15-12(9)14-10)16-7-1-2-8-16/h3-6H,1-2,7-8H2,(H2,13,14,15). The van der Waals surface area contributed by atoms with Crippen LogP contribution in [0.1, 0.15) is 12.8 Å². The van der Waals surface area contributed by atoms with E-state index < -0.39 is 0 Å². The maximum Gasteiger partial charge on any atom is 0.163 e. The normalized spacial score (nSPS) is 15.9. The zero-order valence-electron chi connectivity index (χ0n) is 9.06. The highest BCUT2D eigenvalue weighted by Crippen LogP contribution is 2.21. The van der Waals surface area contributed by atoms with Crippen molar-refractivity contribution in [2.75, 3.05) is 23.7 Å². The second kappa shape index (κ2) is 3.63. The first-order valence-corrected chi connectivity index (χ1v) is 5.61. The van der Waals surface area contributed by atoms with Gasteiger partial charge in [-0.25, -0.2) is 9.97 Å². The molecule has 82 valence electrons. The molecule has 1 aliphatic rings. The monoisotopic (exact) mass is 214 g/mol. The molecule has 0 spiro atoms. The molecule has 0 aromatic carbocycles. The largest absolute Gasteiger partial charge is 0.384 e. The van der Waals surface area contributed by atoms with Crippen LogP contribution in [-0.4, -0.2) is 23.1 Å². The van der Waals surface area contributed by atoms with Crippen LogP contribution in [0.3, 0.4) is 0 Å². The Morgan fingerprint density at radius 1 is 1.00 bits per heavy atom. The summed E-state index contributed by atoms with van der Waals surface area (Å²) in [5, 5.41) is 1.04. The van der Waals surface area contributed by atoms with Crippen molar-refractivity contribution >= 4 is 22.7 Å². The van der Waals surface area contributed by atoms with E-state index in [4.69, 9.17) is 5.73 Å². The van der Waals surface area contributed by atoms with Crippen LogP contribution >= 0.6 is 0 Å². The first-order chi connectivity index (χ1) is 7.83. The van der Waals surface area contributed by atoms with Crippen LogP contribution in [0.25, 0.3) is 11.0 Å². The van der Waals surface area contributed by atoms with Crippen molar-refractivity contribution in [2.24, 2.45) is 0 Å². The zero-order chi connectivity index (χ0) is 11.0. The van der Waals surface area contributed by atoms with Gasteiger partial charge < -0.3 is 10.6 Å². The number of rotatable bonds is 1. The molecule has 0 radical (unpaired) electrons. The summed E-state index contributed by atoms with van der Waals surface area (Å²) in [7, 11) is 0. The topological polar surface area (TPSA) is 55.0 Å². The highest BCUT2D eigenvalue weighted by molar-refractivity contribution is 5.78. The molecule has 0 saturated carbocycles. The van der Waals surface area contributed by atoms with E-state index >= 15 is 0 Å². The third-order valence-electron chi connectivity index (χ3n) is 2.99. The van der Waals surface area contributed by atoms with Crippen LogP contribution in [0.15, 0.2) is 24.3 Å². The number of anilines is 2. The maximum absolute atomic E-state index is 5.66. The Bertz CT molecular complexity index is 517. The van der Waals surface area contributed by atoms with Gasteiger partial charge in [-0.05, 0) is 37.1 Å². The van der Waals surface area contributed by atoms with Gasteiger partial charge in [-0.15, -0.1) is 0 Å². The summed E-state index contributed by atoms with van der Waals surface area (Å²) in [6, 6.07) is 7.88. The maximum atomic E-state index is 5.66. The number of aromatic nitrogens is 2. The number of nitrogens with two attached hydrogens (primary N) is 1. The Labute approximate surface area is 94.1 Å². The van der Waals surface area contributed by atoms with Gasteiger partial charge in [0.25, 0.3) is 0 Å². The Hall–Kier alpha value is -1.84. The average molecular weight is 214 g/mol. The first kappa shape index (κ1) is 9.39. The van der Waals surface area contributed by atoms with Gasteiger partial charge >= 0.3 is 0 Å². The summed E-state index contributed by atoms with van der Waals surface area (Å²) < 4.78 is 0. The Morgan fingerprint density at radius 3 is 2.56 bits per heavy atom. The summed E-state index contributed by atoms with van der Waals surface area (Å²) in [4.78, 5) is 11.1. The quantitative estimate of drug-likeness (QED) is 0.786. The minimum absolute atomic E-state index is 0.526. The van der Waals surface area contributed by atoms with Gasteiger partial charge in [-0.3, -0.25) is 0 Å². The highest BCUT2D eigenvalue weighted by Gasteiger charge is 2.13. The average Bonchev–Trinajstić information content (AvgIpc) is 2.81. The lowest BCUT2D eigenvalue weighted by Gasteiger charge is -2.16. The molecule has 0 amide bonds. The first-order valence-electron chi connectivity index (χ1n) is 5.61. The molecular weight excluding hydrogens is 200 g/mol. The predicted molar refractivity (Wildman–Crippen MR) is 65.4 cm³/mol. The van der Waals surface area contributed by atoms with E-state index in [2.05, 4.69) is 27.0 Å². The van der Waals surface area contributed by atoms with Crippen LogP contribution in [0, 0.1) is 0 Å². The molecule has 4 heteroatoms. The molecule has 16 heavy (non-hydrogen) atoms. The third kappa shape index (κ3) is 1.56. The molecule has 2 aromatic rings. The van der Waals surface area contributed by atoms with Crippen molar-refractivity contribution in [3.8, 4) is 0 Å². The molecule has 3 heterocycles. The molecule has 4 nitrogen and oxygen atoms in total. The molecule has 3 rings (SSSR count). The van der Waals surface area contributed by atoms with E-state index in [0.717, 1.165) is 29.9 Å². The van der Waals surface area contributed by atoms with Gasteiger partial charge in [0, 0.05) is 18.5 Å². The van der Waals surface area contributed by atoms with Crippen LogP contribution in [-0.2, 0) is 0 Å². The lowest BCUT2D eigenvalue weighted by Crippen LogP contribution is -2.18. The summed E-state index contributed by atoms with van der Waals surface area (Å²) in [6.07, 6.45) is 2.51. The highest BCUT2D eigenvalue weighted by atomic mass is 15.2. The number of nitrogens with zero attached hydrogens (tertiary/aromatic N) is 3. The minimum Gasteiger partial charge on any atom is -0.384 e. The van der Waals surface area contributed by atoms with E-state index in [1.54, 1.807) is 6.07 Å². The van der Waals surface area contributed by atoms with E-state index in [-0.39, 0.29) is 0 Å². The molecule has 1 saturated heterocycles. The SMILES string of the molecule is Nc1ccc2ccc(N3CCCC3)nc2n1. The lowest BCUT2D eigenvalue weighted by molar-refractivity contribution is 0.942. The molecule has 0 atom stereocenters. The fourth-order valence-corrected chi connectivity index (χ4v) is 2.13. The van der Waals surface area contributed by atoms with Gasteiger partial charge in [0.15, 0.2) is 5.65 Å². The molecule has 2 aromatic heterocycles. The number of fused-ring (bicyclic) bond motifs is 1. The van der Waals surface area contributed by atoms with E-state index in [1.807, 2.05) is 6.07 Å². The summed E-state index contributed by atoms with van der Waals surface area (Å²) in [6.45, 7) is 2.20. The summed E-state index contributed by atoms with van der Waals surface area (Å²) in [5.74, 6) is 1.54. The Balaban J connectivity index is 2.07. The summed E-state index contributed by atoms with van der Waals surface area (Å²) in [5.41, 5.74) is 6.40. The van der Waals surface area contributed by atoms with Gasteiger partial charge in [-0.1, -0.05) is 0 Å². The zero-order valence-corrected chi connectivity index (χ0v) is 9.06. The van der Waals surface area contributed by atoms with Crippen LogP contribution in [0.4, 0.5) is 11.6 Å². The Morgan fingerprint density at radius 2 is 1.75 bits per heavy atom. The van der Waals surface area contributed by atoms with Crippen LogP contribution in [0.2, 0.25) is 0 Å².